The van der Waals surface area contributed by atoms with E-state index in [9.17, 15) is 19.2 Å². The molecule has 1 atom stereocenters. The van der Waals surface area contributed by atoms with E-state index in [0.717, 1.165) is 93.5 Å². The van der Waals surface area contributed by atoms with Gasteiger partial charge in [-0.25, -0.2) is 13.7 Å². The second-order valence-corrected chi connectivity index (χ2v) is 19.0. The van der Waals surface area contributed by atoms with Crippen LogP contribution in [0, 0.1) is 23.5 Å². The lowest BCUT2D eigenvalue weighted by Gasteiger charge is -2.35. The van der Waals surface area contributed by atoms with E-state index in [-0.39, 0.29) is 35.6 Å². The normalized spacial score (nSPS) is 22.6. The molecule has 13 heteroatoms. The Bertz CT molecular complexity index is 2410. The maximum Gasteiger partial charge on any atom is 0.281 e. The second kappa shape index (κ2) is 15.8. The van der Waals surface area contributed by atoms with Crippen LogP contribution in [0.4, 0.5) is 20.2 Å². The minimum absolute atomic E-state index is 0.0830. The van der Waals surface area contributed by atoms with Crippen molar-refractivity contribution in [2.24, 2.45) is 11.8 Å². The fourth-order valence-corrected chi connectivity index (χ4v) is 12.1. The number of amides is 3. The number of imide groups is 1. The number of halogens is 3. The third-order valence-electron chi connectivity index (χ3n) is 14.7. The largest absolute Gasteiger partial charge is 0.371 e. The highest BCUT2D eigenvalue weighted by Crippen LogP contribution is 2.52. The molecule has 5 fully saturated rings. The van der Waals surface area contributed by atoms with Gasteiger partial charge in [-0.1, -0.05) is 37.5 Å². The Morgan fingerprint density at radius 3 is 2.25 bits per heavy atom. The van der Waals surface area contributed by atoms with Gasteiger partial charge >= 0.3 is 0 Å². The van der Waals surface area contributed by atoms with Crippen LogP contribution >= 0.6 is 15.9 Å². The summed E-state index contributed by atoms with van der Waals surface area (Å²) in [6.07, 6.45) is 10.4. The van der Waals surface area contributed by atoms with E-state index in [2.05, 4.69) is 49.7 Å². The molecule has 1 spiro atoms. The Morgan fingerprint density at radius 1 is 0.817 bits per heavy atom. The third kappa shape index (κ3) is 6.78. The van der Waals surface area contributed by atoms with Crippen molar-refractivity contribution in [3.05, 3.63) is 91.9 Å². The molecule has 1 aliphatic carbocycles. The van der Waals surface area contributed by atoms with Gasteiger partial charge in [0.15, 0.2) is 11.6 Å². The molecule has 1 saturated carbocycles. The fraction of sp³-hybridized carbons (Fsp3) is 0.511. The number of nitrogens with zero attached hydrogens (tertiary/aromatic N) is 6. The summed E-state index contributed by atoms with van der Waals surface area (Å²) in [7, 11) is 0. The van der Waals surface area contributed by atoms with Crippen molar-refractivity contribution in [1.29, 1.82) is 0 Å². The van der Waals surface area contributed by atoms with E-state index in [1.807, 2.05) is 21.9 Å². The van der Waals surface area contributed by atoms with Crippen LogP contribution < -0.4 is 15.4 Å². The molecule has 0 radical (unpaired) electrons. The van der Waals surface area contributed by atoms with Crippen molar-refractivity contribution >= 4 is 55.9 Å². The first-order valence-electron chi connectivity index (χ1n) is 22.1. The SMILES string of the molecule is O=C(C1CCN(c2cc(F)c(N3C(=O)CCCC3=O)c(F)c2)CC1)N1CC[C@@H](CN2CCC(c3ccc4c(c3)-n3c(nc(=O)c5c(Br)cccc53)C43CCCCC3)CC2)C1. The molecule has 4 saturated heterocycles. The maximum absolute atomic E-state index is 15.2. The van der Waals surface area contributed by atoms with Gasteiger partial charge in [0.05, 0.1) is 22.0 Å². The number of carbonyl (C=O) groups excluding carboxylic acids is 3. The van der Waals surface area contributed by atoms with Gasteiger partial charge in [0, 0.05) is 61.6 Å². The average molecular weight is 882 g/mol. The minimum Gasteiger partial charge on any atom is -0.371 e. The quantitative estimate of drug-likeness (QED) is 0.181. The third-order valence-corrected chi connectivity index (χ3v) is 15.3. The van der Waals surface area contributed by atoms with Crippen LogP contribution in [0.3, 0.4) is 0 Å². The number of anilines is 2. The lowest BCUT2D eigenvalue weighted by atomic mass is 9.69. The first kappa shape index (κ1) is 39.6. The Labute approximate surface area is 357 Å². The zero-order chi connectivity index (χ0) is 41.3. The van der Waals surface area contributed by atoms with Crippen LogP contribution in [0.2, 0.25) is 0 Å². The number of rotatable bonds is 6. The molecule has 1 aromatic heterocycles. The van der Waals surface area contributed by atoms with E-state index < -0.39 is 29.1 Å². The Morgan fingerprint density at radius 2 is 1.53 bits per heavy atom. The van der Waals surface area contributed by atoms with E-state index >= 15 is 8.78 Å². The lowest BCUT2D eigenvalue weighted by Crippen LogP contribution is -2.43. The fourth-order valence-electron chi connectivity index (χ4n) is 11.5. The number of aromatic nitrogens is 2. The minimum atomic E-state index is -0.930. The number of carbonyl (C=O) groups is 3. The summed E-state index contributed by atoms with van der Waals surface area (Å²) in [4.78, 5) is 63.8. The predicted octanol–water partition coefficient (Wildman–Crippen LogP) is 7.98. The van der Waals surface area contributed by atoms with Crippen LogP contribution in [0.25, 0.3) is 16.6 Å². The molecule has 0 unspecified atom stereocenters. The number of fused-ring (bicyclic) bond motifs is 7. The number of benzene rings is 3. The molecule has 314 valence electrons. The molecule has 4 aromatic rings. The summed E-state index contributed by atoms with van der Waals surface area (Å²) in [6, 6.07) is 15.5. The van der Waals surface area contributed by atoms with Crippen molar-refractivity contribution in [3.63, 3.8) is 0 Å². The first-order chi connectivity index (χ1) is 29.1. The lowest BCUT2D eigenvalue weighted by molar-refractivity contribution is -0.135. The van der Waals surface area contributed by atoms with Crippen molar-refractivity contribution in [1.82, 2.24) is 19.4 Å². The molecule has 60 heavy (non-hydrogen) atoms. The van der Waals surface area contributed by atoms with Gasteiger partial charge in [-0.3, -0.25) is 23.7 Å². The van der Waals surface area contributed by atoms with Crippen LogP contribution in [0.5, 0.6) is 0 Å². The van der Waals surface area contributed by atoms with Crippen LogP contribution in [0.1, 0.15) is 106 Å². The van der Waals surface area contributed by atoms with Gasteiger partial charge in [-0.05, 0) is 134 Å². The highest BCUT2D eigenvalue weighted by molar-refractivity contribution is 9.10. The second-order valence-electron chi connectivity index (χ2n) is 18.1. The van der Waals surface area contributed by atoms with E-state index in [4.69, 9.17) is 4.98 Å². The summed E-state index contributed by atoms with van der Waals surface area (Å²) in [6.45, 7) is 5.52. The zero-order valence-electron chi connectivity index (χ0n) is 33.9. The Balaban J connectivity index is 0.748. The summed E-state index contributed by atoms with van der Waals surface area (Å²) < 4.78 is 33.5. The molecule has 3 aromatic carbocycles. The van der Waals surface area contributed by atoms with Crippen LogP contribution in [-0.2, 0) is 19.8 Å². The van der Waals surface area contributed by atoms with Gasteiger partial charge in [-0.15, -0.1) is 0 Å². The molecule has 6 aliphatic rings. The molecule has 3 amide bonds. The molecule has 10 nitrogen and oxygen atoms in total. The number of hydrogen-bond acceptors (Lipinski definition) is 7. The monoisotopic (exact) mass is 880 g/mol. The molecule has 6 heterocycles. The maximum atomic E-state index is 15.2. The van der Waals surface area contributed by atoms with E-state index in [0.29, 0.717) is 60.2 Å². The number of piperidine rings is 3. The molecule has 0 bridgehead atoms. The number of likely N-dealkylation sites (tertiary alicyclic amines) is 2. The van der Waals surface area contributed by atoms with Crippen molar-refractivity contribution in [2.45, 2.75) is 94.8 Å². The van der Waals surface area contributed by atoms with Gasteiger partial charge in [0.25, 0.3) is 5.56 Å². The van der Waals surface area contributed by atoms with Crippen LogP contribution in [-0.4, -0.2) is 82.9 Å². The molecule has 5 aliphatic heterocycles. The summed E-state index contributed by atoms with van der Waals surface area (Å²) in [5.74, 6) is -1.19. The topological polar surface area (TPSA) is 99.1 Å². The van der Waals surface area contributed by atoms with Gasteiger partial charge in [0.1, 0.15) is 11.5 Å². The first-order valence-corrected chi connectivity index (χ1v) is 22.9. The van der Waals surface area contributed by atoms with Gasteiger partial charge in [-0.2, -0.15) is 4.98 Å². The average Bonchev–Trinajstić information content (AvgIpc) is 3.82. The highest BCUT2D eigenvalue weighted by atomic mass is 79.9. The van der Waals surface area contributed by atoms with Gasteiger partial charge in [0.2, 0.25) is 17.7 Å². The van der Waals surface area contributed by atoms with Crippen LogP contribution in [0.15, 0.2) is 57.8 Å². The molecular weight excluding hydrogens is 830 g/mol. The number of hydrogen-bond donors (Lipinski definition) is 0. The molecule has 10 rings (SSSR count). The Hall–Kier alpha value is -4.49. The summed E-state index contributed by atoms with van der Waals surface area (Å²) in [5.41, 5.74) is 4.17. The summed E-state index contributed by atoms with van der Waals surface area (Å²) >= 11 is 3.64. The van der Waals surface area contributed by atoms with E-state index in [1.54, 1.807) is 0 Å². The van der Waals surface area contributed by atoms with Crippen molar-refractivity contribution < 1.29 is 23.2 Å². The highest BCUT2D eigenvalue weighted by Gasteiger charge is 2.47. The van der Waals surface area contributed by atoms with E-state index in [1.165, 1.54) is 35.4 Å². The zero-order valence-corrected chi connectivity index (χ0v) is 35.5. The smallest absolute Gasteiger partial charge is 0.281 e. The standard InChI is InChI=1S/C47H51BrF2N6O4/c48-35-6-4-7-38-42(35)44(59)51-46-47(17-2-1-3-18-47)34-11-10-32(24-39(34)55(38)46)30-13-19-52(20-14-30)27-29-12-21-54(28-29)45(60)31-15-22-53(23-16-31)33-25-36(49)43(37(50)26-33)56-40(57)8-5-9-41(56)58/h4,6-7,10-11,24-26,29-31H,1-3,5,8-9,12-23,27-28H2/t29-/m0/s1. The van der Waals surface area contributed by atoms with Crippen molar-refractivity contribution in [2.75, 3.05) is 55.6 Å². The van der Waals surface area contributed by atoms with Gasteiger partial charge < -0.3 is 14.7 Å². The Kier molecular flexibility index (Phi) is 10.4. The molecular formula is C47H51BrF2N6O4. The predicted molar refractivity (Wildman–Crippen MR) is 230 cm³/mol. The van der Waals surface area contributed by atoms with Crippen molar-refractivity contribution in [3.8, 4) is 5.69 Å². The molecule has 0 N–H and O–H groups in total. The summed E-state index contributed by atoms with van der Waals surface area (Å²) in [5, 5.41) is 0.638.